The predicted molar refractivity (Wildman–Crippen MR) is 118 cm³/mol. The van der Waals surface area contributed by atoms with Gasteiger partial charge in [-0.25, -0.2) is 4.98 Å². The van der Waals surface area contributed by atoms with E-state index in [9.17, 15) is 9.59 Å². The molecule has 0 saturated carbocycles. The van der Waals surface area contributed by atoms with E-state index in [1.165, 1.54) is 0 Å². The van der Waals surface area contributed by atoms with E-state index in [1.807, 2.05) is 28.3 Å². The van der Waals surface area contributed by atoms with Crippen molar-refractivity contribution in [1.29, 1.82) is 0 Å². The average molecular weight is 424 g/mol. The van der Waals surface area contributed by atoms with Gasteiger partial charge in [-0.2, -0.15) is 0 Å². The molecule has 0 N–H and O–H groups in total. The molecule has 0 bridgehead atoms. The number of likely N-dealkylation sites (tertiary alicyclic amines) is 2. The van der Waals surface area contributed by atoms with Crippen molar-refractivity contribution in [2.75, 3.05) is 19.6 Å². The first-order valence-electron chi connectivity index (χ1n) is 11.3. The number of carbonyl (C=O) groups excluding carboxylic acids is 2. The zero-order valence-corrected chi connectivity index (χ0v) is 19.0. The molecule has 31 heavy (non-hydrogen) atoms. The van der Waals surface area contributed by atoms with Gasteiger partial charge in [0, 0.05) is 63.2 Å². The van der Waals surface area contributed by atoms with Crippen LogP contribution in [0.2, 0.25) is 0 Å². The number of imidazole rings is 1. The number of hydrogen-bond acceptors (Lipinski definition) is 4. The summed E-state index contributed by atoms with van der Waals surface area (Å²) in [4.78, 5) is 39.3. The van der Waals surface area contributed by atoms with E-state index in [2.05, 4.69) is 48.4 Å². The first kappa shape index (κ1) is 21.5. The van der Waals surface area contributed by atoms with Crippen molar-refractivity contribution in [2.24, 2.45) is 11.3 Å². The van der Waals surface area contributed by atoms with Crippen molar-refractivity contribution in [3.63, 3.8) is 0 Å². The number of nitrogens with zero attached hydrogens (tertiary/aromatic N) is 5. The quantitative estimate of drug-likeness (QED) is 0.715. The fourth-order valence-electron chi connectivity index (χ4n) is 4.96. The highest BCUT2D eigenvalue weighted by Gasteiger charge is 2.58. The van der Waals surface area contributed by atoms with Gasteiger partial charge in [0.15, 0.2) is 0 Å². The number of amides is 2. The summed E-state index contributed by atoms with van der Waals surface area (Å²) in [5.74, 6) is 0.512. The second-order valence-corrected chi connectivity index (χ2v) is 9.75. The molecule has 0 radical (unpaired) electrons. The fraction of sp³-hybridized carbons (Fsp3) is 0.583. The minimum atomic E-state index is -0.587. The Kier molecular flexibility index (Phi) is 5.86. The minimum Gasteiger partial charge on any atom is -0.341 e. The zero-order chi connectivity index (χ0) is 22.2. The molecule has 2 aromatic heterocycles. The molecule has 166 valence electrons. The van der Waals surface area contributed by atoms with Crippen LogP contribution in [0.15, 0.2) is 37.1 Å². The molecule has 2 aliphatic rings. The molecule has 0 aliphatic carbocycles. The normalized spacial score (nSPS) is 23.7. The van der Waals surface area contributed by atoms with Gasteiger partial charge in [-0.3, -0.25) is 14.6 Å². The Balaban J connectivity index is 1.63. The molecule has 2 fully saturated rings. The molecule has 4 rings (SSSR count). The van der Waals surface area contributed by atoms with Crippen LogP contribution in [0.1, 0.15) is 63.8 Å². The van der Waals surface area contributed by atoms with Crippen molar-refractivity contribution in [3.8, 4) is 0 Å². The summed E-state index contributed by atoms with van der Waals surface area (Å²) in [6.45, 7) is 10.7. The Bertz CT molecular complexity index is 938. The van der Waals surface area contributed by atoms with E-state index in [1.54, 1.807) is 12.4 Å². The van der Waals surface area contributed by atoms with Crippen LogP contribution in [0.25, 0.3) is 0 Å². The number of rotatable bonds is 6. The van der Waals surface area contributed by atoms with Crippen LogP contribution < -0.4 is 0 Å². The van der Waals surface area contributed by atoms with Crippen molar-refractivity contribution in [3.05, 3.63) is 48.3 Å². The van der Waals surface area contributed by atoms with Crippen LogP contribution in [0.4, 0.5) is 0 Å². The molecule has 7 heteroatoms. The molecule has 0 unspecified atom stereocenters. The molecule has 2 aromatic rings. The van der Waals surface area contributed by atoms with Crippen molar-refractivity contribution in [2.45, 2.75) is 59.0 Å². The molecule has 4 heterocycles. The Morgan fingerprint density at radius 1 is 1.23 bits per heavy atom. The smallest absolute Gasteiger partial charge is 0.231 e. The van der Waals surface area contributed by atoms with E-state index in [0.717, 1.165) is 17.7 Å². The van der Waals surface area contributed by atoms with Gasteiger partial charge < -0.3 is 14.4 Å². The summed E-state index contributed by atoms with van der Waals surface area (Å²) in [6, 6.07) is 4.21. The topological polar surface area (TPSA) is 71.3 Å². The standard InChI is InChI=1S/C24H33N5O2/c1-17(2)11-22(30)28-13-20(21-14-29(16-26-21)18(3)4)24(15-28)7-10-27(23(24)31)12-19-5-8-25-9-6-19/h5-6,8-9,14,16-18,20H,7,10-13,15H2,1-4H3/t20-,24-/m1/s1. The Labute approximate surface area is 184 Å². The Morgan fingerprint density at radius 2 is 1.97 bits per heavy atom. The Hall–Kier alpha value is -2.70. The van der Waals surface area contributed by atoms with Gasteiger partial charge in [0.2, 0.25) is 11.8 Å². The molecule has 0 aromatic carbocycles. The first-order valence-corrected chi connectivity index (χ1v) is 11.3. The summed E-state index contributed by atoms with van der Waals surface area (Å²) < 4.78 is 2.08. The zero-order valence-electron chi connectivity index (χ0n) is 19.0. The van der Waals surface area contributed by atoms with Crippen LogP contribution in [-0.4, -0.2) is 55.8 Å². The number of carbonyl (C=O) groups is 2. The molecule has 1 spiro atoms. The highest BCUT2D eigenvalue weighted by atomic mass is 16.2. The third-order valence-corrected chi connectivity index (χ3v) is 6.72. The Morgan fingerprint density at radius 3 is 2.61 bits per heavy atom. The van der Waals surface area contributed by atoms with Gasteiger partial charge in [-0.1, -0.05) is 13.8 Å². The van der Waals surface area contributed by atoms with Crippen molar-refractivity contribution >= 4 is 11.8 Å². The van der Waals surface area contributed by atoms with E-state index in [4.69, 9.17) is 0 Å². The number of hydrogen-bond donors (Lipinski definition) is 0. The van der Waals surface area contributed by atoms with Gasteiger partial charge in [0.1, 0.15) is 0 Å². The lowest BCUT2D eigenvalue weighted by atomic mass is 9.75. The average Bonchev–Trinajstić information content (AvgIpc) is 3.43. The number of pyridine rings is 1. The third kappa shape index (κ3) is 4.10. The second kappa shape index (κ2) is 8.44. The number of aromatic nitrogens is 3. The molecule has 2 atom stereocenters. The molecule has 2 amide bonds. The first-order chi connectivity index (χ1) is 14.8. The lowest BCUT2D eigenvalue weighted by Crippen LogP contribution is -2.40. The lowest BCUT2D eigenvalue weighted by molar-refractivity contribution is -0.137. The van der Waals surface area contributed by atoms with Gasteiger partial charge in [0.25, 0.3) is 0 Å². The largest absolute Gasteiger partial charge is 0.341 e. The maximum absolute atomic E-state index is 13.8. The van der Waals surface area contributed by atoms with Gasteiger partial charge in [-0.15, -0.1) is 0 Å². The lowest BCUT2D eigenvalue weighted by Gasteiger charge is -2.28. The SMILES string of the molecule is CC(C)CC(=O)N1C[C@H](c2cn(C(C)C)cn2)[C@@]2(CCN(Cc3ccncc3)C2=O)C1. The summed E-state index contributed by atoms with van der Waals surface area (Å²) in [6.07, 6.45) is 8.69. The molecular formula is C24H33N5O2. The van der Waals surface area contributed by atoms with Crippen LogP contribution >= 0.6 is 0 Å². The molecule has 2 aliphatic heterocycles. The van der Waals surface area contributed by atoms with Crippen LogP contribution in [0.5, 0.6) is 0 Å². The maximum Gasteiger partial charge on any atom is 0.231 e. The van der Waals surface area contributed by atoms with Crippen LogP contribution in [0, 0.1) is 11.3 Å². The minimum absolute atomic E-state index is 0.0708. The maximum atomic E-state index is 13.8. The monoisotopic (exact) mass is 423 g/mol. The van der Waals surface area contributed by atoms with E-state index in [-0.39, 0.29) is 17.7 Å². The van der Waals surface area contributed by atoms with Crippen molar-refractivity contribution < 1.29 is 9.59 Å². The van der Waals surface area contributed by atoms with E-state index >= 15 is 0 Å². The summed E-state index contributed by atoms with van der Waals surface area (Å²) in [5.41, 5.74) is 1.41. The summed E-state index contributed by atoms with van der Waals surface area (Å²) >= 11 is 0. The van der Waals surface area contributed by atoms with Gasteiger partial charge >= 0.3 is 0 Å². The predicted octanol–water partition coefficient (Wildman–Crippen LogP) is 3.25. The molecule has 2 saturated heterocycles. The summed E-state index contributed by atoms with van der Waals surface area (Å²) in [7, 11) is 0. The second-order valence-electron chi connectivity index (χ2n) is 9.75. The van der Waals surface area contributed by atoms with Gasteiger partial charge in [-0.05, 0) is 43.9 Å². The molecular weight excluding hydrogens is 390 g/mol. The van der Waals surface area contributed by atoms with Crippen LogP contribution in [-0.2, 0) is 16.1 Å². The highest BCUT2D eigenvalue weighted by molar-refractivity contribution is 5.88. The van der Waals surface area contributed by atoms with E-state index in [0.29, 0.717) is 44.6 Å². The van der Waals surface area contributed by atoms with E-state index < -0.39 is 5.41 Å². The highest BCUT2D eigenvalue weighted by Crippen LogP contribution is 2.50. The third-order valence-electron chi connectivity index (χ3n) is 6.72. The van der Waals surface area contributed by atoms with Gasteiger partial charge in [0.05, 0.1) is 17.4 Å². The van der Waals surface area contributed by atoms with Crippen molar-refractivity contribution in [1.82, 2.24) is 24.3 Å². The van der Waals surface area contributed by atoms with Crippen LogP contribution in [0.3, 0.4) is 0 Å². The summed E-state index contributed by atoms with van der Waals surface area (Å²) in [5, 5.41) is 0. The molecule has 7 nitrogen and oxygen atoms in total. The fourth-order valence-corrected chi connectivity index (χ4v) is 4.96.